The number of halogens is 3. The van der Waals surface area contributed by atoms with Crippen LogP contribution in [0.25, 0.3) is 21.8 Å². The van der Waals surface area contributed by atoms with Crippen LogP contribution in [0.4, 0.5) is 4.39 Å². The summed E-state index contributed by atoms with van der Waals surface area (Å²) in [5.41, 5.74) is 2.21. The van der Waals surface area contributed by atoms with Gasteiger partial charge < -0.3 is 20.6 Å². The third kappa shape index (κ3) is 5.42. The number of carbonyl (C=O) groups is 2. The molecule has 2 amide bonds. The van der Waals surface area contributed by atoms with E-state index in [1.54, 1.807) is 30.5 Å². The van der Waals surface area contributed by atoms with E-state index in [1.807, 2.05) is 36.5 Å². The van der Waals surface area contributed by atoms with Crippen molar-refractivity contribution in [2.45, 2.75) is 31.5 Å². The number of rotatable bonds is 8. The Morgan fingerprint density at radius 1 is 0.977 bits per heavy atom. The number of carbonyl (C=O) groups excluding carboxylic acids is 2. The molecule has 2 unspecified atom stereocenters. The van der Waals surface area contributed by atoms with Crippen LogP contribution in [0.5, 0.6) is 0 Å². The summed E-state index contributed by atoms with van der Waals surface area (Å²) in [6.45, 7) is 2.66. The fraction of sp³-hybridized carbons (Fsp3) is 0.212. The van der Waals surface area contributed by atoms with Crippen LogP contribution in [0.3, 0.4) is 0 Å². The molecule has 3 heterocycles. The molecule has 4 N–H and O–H groups in total. The van der Waals surface area contributed by atoms with Gasteiger partial charge in [0.2, 0.25) is 11.8 Å². The monoisotopic (exact) mass is 617 g/mol. The van der Waals surface area contributed by atoms with Gasteiger partial charge in [-0.05, 0) is 53.9 Å². The highest BCUT2D eigenvalue weighted by molar-refractivity contribution is 6.42. The van der Waals surface area contributed by atoms with Crippen LogP contribution in [0.15, 0.2) is 85.2 Å². The third-order valence-electron chi connectivity index (χ3n) is 8.04. The molecule has 6 rings (SSSR count). The van der Waals surface area contributed by atoms with Gasteiger partial charge in [-0.2, -0.15) is 0 Å². The van der Waals surface area contributed by atoms with E-state index in [2.05, 4.69) is 31.6 Å². The maximum Gasteiger partial charge on any atom is 0.232 e. The van der Waals surface area contributed by atoms with Gasteiger partial charge in [0.1, 0.15) is 17.4 Å². The predicted molar refractivity (Wildman–Crippen MR) is 168 cm³/mol. The SMILES string of the molecule is CC(=O)NC(c1c[nH]c2ccccc12)(C(C(=O)NCc1ccc(Cl)c(Cl)c1)c1c[nH]c2ccc(F)cc12)N1CC=CCC1. The van der Waals surface area contributed by atoms with Crippen molar-refractivity contribution in [2.75, 3.05) is 13.1 Å². The van der Waals surface area contributed by atoms with Crippen molar-refractivity contribution >= 4 is 56.8 Å². The molecule has 5 aromatic rings. The second-order valence-corrected chi connectivity index (χ2v) is 11.5. The highest BCUT2D eigenvalue weighted by atomic mass is 35.5. The second kappa shape index (κ2) is 11.9. The number of fused-ring (bicyclic) bond motifs is 2. The lowest BCUT2D eigenvalue weighted by Crippen LogP contribution is -2.64. The number of nitrogens with zero attached hydrogens (tertiary/aromatic N) is 1. The quantitative estimate of drug-likeness (QED) is 0.145. The molecule has 0 saturated carbocycles. The Morgan fingerprint density at radius 2 is 1.77 bits per heavy atom. The highest BCUT2D eigenvalue weighted by Gasteiger charge is 2.52. The Morgan fingerprint density at radius 3 is 2.53 bits per heavy atom. The van der Waals surface area contributed by atoms with Gasteiger partial charge in [-0.15, -0.1) is 0 Å². The molecule has 0 fully saturated rings. The van der Waals surface area contributed by atoms with Gasteiger partial charge in [-0.25, -0.2) is 4.39 Å². The Bertz CT molecular complexity index is 1860. The van der Waals surface area contributed by atoms with Gasteiger partial charge >= 0.3 is 0 Å². The van der Waals surface area contributed by atoms with Crippen LogP contribution in [0, 0.1) is 5.82 Å². The first-order chi connectivity index (χ1) is 20.8. The predicted octanol–water partition coefficient (Wildman–Crippen LogP) is 6.75. The first-order valence-corrected chi connectivity index (χ1v) is 14.8. The molecule has 220 valence electrons. The van der Waals surface area contributed by atoms with Gasteiger partial charge in [0.15, 0.2) is 0 Å². The average molecular weight is 619 g/mol. The van der Waals surface area contributed by atoms with Gasteiger partial charge in [-0.1, -0.05) is 59.6 Å². The number of aromatic nitrogens is 2. The zero-order valence-corrected chi connectivity index (χ0v) is 24.9. The molecule has 10 heteroatoms. The van der Waals surface area contributed by atoms with Crippen molar-refractivity contribution in [3.63, 3.8) is 0 Å². The third-order valence-corrected chi connectivity index (χ3v) is 8.78. The minimum absolute atomic E-state index is 0.160. The van der Waals surface area contributed by atoms with E-state index in [0.29, 0.717) is 39.6 Å². The zero-order chi connectivity index (χ0) is 30.1. The van der Waals surface area contributed by atoms with E-state index in [0.717, 1.165) is 28.5 Å². The summed E-state index contributed by atoms with van der Waals surface area (Å²) in [5, 5.41) is 8.54. The summed E-state index contributed by atoms with van der Waals surface area (Å²) < 4.78 is 14.7. The van der Waals surface area contributed by atoms with E-state index < -0.39 is 17.4 Å². The van der Waals surface area contributed by atoms with E-state index in [1.165, 1.54) is 19.1 Å². The molecule has 1 aliphatic rings. The molecular weight excluding hydrogens is 588 g/mol. The van der Waals surface area contributed by atoms with Crippen LogP contribution in [-0.2, 0) is 21.8 Å². The van der Waals surface area contributed by atoms with Crippen molar-refractivity contribution in [1.29, 1.82) is 0 Å². The molecule has 1 aliphatic heterocycles. The van der Waals surface area contributed by atoms with Crippen molar-refractivity contribution in [1.82, 2.24) is 25.5 Å². The molecule has 0 saturated heterocycles. The molecular formula is C33H30Cl2FN5O2. The summed E-state index contributed by atoms with van der Waals surface area (Å²) in [6, 6.07) is 17.4. The van der Waals surface area contributed by atoms with E-state index in [4.69, 9.17) is 23.2 Å². The largest absolute Gasteiger partial charge is 0.361 e. The number of amides is 2. The van der Waals surface area contributed by atoms with Crippen LogP contribution < -0.4 is 10.6 Å². The normalized spacial score (nSPS) is 15.8. The minimum Gasteiger partial charge on any atom is -0.361 e. The Kier molecular flexibility index (Phi) is 8.01. The van der Waals surface area contributed by atoms with Crippen LogP contribution in [-0.4, -0.2) is 39.8 Å². The van der Waals surface area contributed by atoms with Crippen LogP contribution >= 0.6 is 23.2 Å². The minimum atomic E-state index is -1.36. The first-order valence-electron chi connectivity index (χ1n) is 14.0. The van der Waals surface area contributed by atoms with Crippen LogP contribution in [0.1, 0.15) is 36.0 Å². The lowest BCUT2D eigenvalue weighted by atomic mass is 9.77. The van der Waals surface area contributed by atoms with Gasteiger partial charge in [0.25, 0.3) is 0 Å². The Balaban J connectivity index is 1.59. The molecule has 0 radical (unpaired) electrons. The van der Waals surface area contributed by atoms with Crippen molar-refractivity contribution in [2.24, 2.45) is 0 Å². The van der Waals surface area contributed by atoms with Crippen molar-refractivity contribution in [3.8, 4) is 0 Å². The maximum absolute atomic E-state index is 14.7. The fourth-order valence-electron chi connectivity index (χ4n) is 6.19. The summed E-state index contributed by atoms with van der Waals surface area (Å²) in [4.78, 5) is 36.6. The number of benzene rings is 3. The van der Waals surface area contributed by atoms with Crippen LogP contribution in [0.2, 0.25) is 10.0 Å². The lowest BCUT2D eigenvalue weighted by Gasteiger charge is -2.49. The Hall–Kier alpha value is -4.11. The Labute approximate surface area is 258 Å². The second-order valence-electron chi connectivity index (χ2n) is 10.7. The maximum atomic E-state index is 14.7. The average Bonchev–Trinajstić information content (AvgIpc) is 3.62. The van der Waals surface area contributed by atoms with Gasteiger partial charge in [-0.3, -0.25) is 14.5 Å². The number of hydrogen-bond donors (Lipinski definition) is 4. The van der Waals surface area contributed by atoms with Gasteiger partial charge in [0, 0.05) is 66.3 Å². The zero-order valence-electron chi connectivity index (χ0n) is 23.4. The first kappa shape index (κ1) is 29.0. The van der Waals surface area contributed by atoms with E-state index >= 15 is 0 Å². The summed E-state index contributed by atoms with van der Waals surface area (Å²) >= 11 is 12.4. The number of aromatic amines is 2. The summed E-state index contributed by atoms with van der Waals surface area (Å²) in [7, 11) is 0. The molecule has 0 bridgehead atoms. The van der Waals surface area contributed by atoms with E-state index in [9.17, 15) is 14.0 Å². The summed E-state index contributed by atoms with van der Waals surface area (Å²) in [5.74, 6) is -2.11. The molecule has 43 heavy (non-hydrogen) atoms. The number of hydrogen-bond acceptors (Lipinski definition) is 3. The molecule has 2 atom stereocenters. The molecule has 7 nitrogen and oxygen atoms in total. The molecule has 3 aromatic carbocycles. The van der Waals surface area contributed by atoms with Gasteiger partial charge in [0.05, 0.1) is 10.0 Å². The van der Waals surface area contributed by atoms with Crippen molar-refractivity contribution in [3.05, 3.63) is 118 Å². The molecule has 0 aliphatic carbocycles. The number of nitrogens with one attached hydrogen (secondary N) is 4. The highest BCUT2D eigenvalue weighted by Crippen LogP contribution is 2.46. The van der Waals surface area contributed by atoms with E-state index in [-0.39, 0.29) is 18.4 Å². The molecule has 2 aromatic heterocycles. The number of H-pyrrole nitrogens is 2. The topological polar surface area (TPSA) is 93.0 Å². The fourth-order valence-corrected chi connectivity index (χ4v) is 6.51. The summed E-state index contributed by atoms with van der Waals surface area (Å²) in [6.07, 6.45) is 8.44. The lowest BCUT2D eigenvalue weighted by molar-refractivity contribution is -0.132. The smallest absolute Gasteiger partial charge is 0.232 e. The number of para-hydroxylation sites is 1. The standard InChI is InChI=1S/C33H30Cl2FN5O2/c1-20(42)40-33(41-13-5-2-6-14-41,26-19-38-29-8-4-3-7-23(26)29)31(25-18-37-30-12-10-22(36)16-24(25)30)32(43)39-17-21-9-11-27(34)28(35)15-21/h2-5,7-12,15-16,18-19,31,37-38H,6,13-14,17H2,1H3,(H,39,43)(H,40,42). The van der Waals surface area contributed by atoms with Crippen molar-refractivity contribution < 1.29 is 14.0 Å². The molecule has 0 spiro atoms.